The maximum Gasteiger partial charge on any atom is 0.350 e. The van der Waals surface area contributed by atoms with Crippen molar-refractivity contribution in [1.82, 2.24) is 14.3 Å². The third-order valence-corrected chi connectivity index (χ3v) is 3.12. The molecule has 0 saturated carbocycles. The van der Waals surface area contributed by atoms with Crippen molar-refractivity contribution in [3.8, 4) is 5.69 Å². The zero-order valence-electron chi connectivity index (χ0n) is 9.24. The molecule has 0 atom stereocenters. The highest BCUT2D eigenvalue weighted by Crippen LogP contribution is 2.28. The zero-order valence-corrected chi connectivity index (χ0v) is 10.7. The summed E-state index contributed by atoms with van der Waals surface area (Å²) >= 11 is 11.8. The molecule has 0 radical (unpaired) electrons. The molecule has 5 nitrogen and oxygen atoms in total. The van der Waals surface area contributed by atoms with E-state index in [1.54, 1.807) is 14.0 Å². The van der Waals surface area contributed by atoms with Crippen molar-refractivity contribution < 1.29 is 0 Å². The molecule has 0 aliphatic carbocycles. The Labute approximate surface area is 107 Å². The molecule has 0 saturated heterocycles. The third kappa shape index (κ3) is 1.92. The highest BCUT2D eigenvalue weighted by atomic mass is 35.5. The van der Waals surface area contributed by atoms with E-state index >= 15 is 0 Å². The lowest BCUT2D eigenvalue weighted by Gasteiger charge is -2.05. The van der Waals surface area contributed by atoms with E-state index in [0.29, 0.717) is 27.2 Å². The molecule has 1 aromatic carbocycles. The number of nitrogens with zero attached hydrogens (tertiary/aromatic N) is 3. The van der Waals surface area contributed by atoms with Gasteiger partial charge in [0.1, 0.15) is 5.82 Å². The lowest BCUT2D eigenvalue weighted by molar-refractivity contribution is 0.795. The summed E-state index contributed by atoms with van der Waals surface area (Å²) in [6.07, 6.45) is 0. The minimum atomic E-state index is -0.286. The van der Waals surface area contributed by atoms with Gasteiger partial charge in [0.2, 0.25) is 0 Å². The molecular weight excluding hydrogens is 263 g/mol. The molecule has 1 aromatic heterocycles. The van der Waals surface area contributed by atoms with E-state index in [1.165, 1.54) is 21.4 Å². The molecule has 2 N–H and O–H groups in total. The van der Waals surface area contributed by atoms with Crippen LogP contribution >= 0.6 is 23.2 Å². The number of hydrogen-bond donors (Lipinski definition) is 1. The lowest BCUT2D eigenvalue weighted by atomic mass is 10.3. The standard InChI is InChI=1S/C10H10Cl2N4O/c1-5-14-16(10(17)15(5)2)9-4-8(13)6(11)3-7(9)12/h3-4H,13H2,1-2H3. The number of nitrogens with two attached hydrogens (primary N) is 1. The molecule has 0 amide bonds. The zero-order chi connectivity index (χ0) is 12.7. The molecule has 1 heterocycles. The second kappa shape index (κ2) is 4.09. The van der Waals surface area contributed by atoms with Gasteiger partial charge in [-0.3, -0.25) is 4.57 Å². The lowest BCUT2D eigenvalue weighted by Crippen LogP contribution is -2.22. The minimum Gasteiger partial charge on any atom is -0.397 e. The van der Waals surface area contributed by atoms with Gasteiger partial charge in [-0.1, -0.05) is 23.2 Å². The molecule has 0 spiro atoms. The van der Waals surface area contributed by atoms with Gasteiger partial charge < -0.3 is 5.73 Å². The van der Waals surface area contributed by atoms with Crippen molar-refractivity contribution in [2.45, 2.75) is 6.92 Å². The predicted octanol–water partition coefficient (Wildman–Crippen LogP) is 1.77. The quantitative estimate of drug-likeness (QED) is 0.805. The summed E-state index contributed by atoms with van der Waals surface area (Å²) in [5.74, 6) is 0.583. The summed E-state index contributed by atoms with van der Waals surface area (Å²) < 4.78 is 2.62. The fourth-order valence-corrected chi connectivity index (χ4v) is 1.87. The minimum absolute atomic E-state index is 0.286. The number of rotatable bonds is 1. The second-order valence-corrected chi connectivity index (χ2v) is 4.44. The largest absolute Gasteiger partial charge is 0.397 e. The molecule has 0 unspecified atom stereocenters. The summed E-state index contributed by atoms with van der Waals surface area (Å²) in [5, 5.41) is 4.77. The first-order chi connectivity index (χ1) is 7.91. The fourth-order valence-electron chi connectivity index (χ4n) is 1.41. The first-order valence-electron chi connectivity index (χ1n) is 4.79. The SMILES string of the molecule is Cc1nn(-c2cc(N)c(Cl)cc2Cl)c(=O)n1C. The fraction of sp³-hybridized carbons (Fsp3) is 0.200. The van der Waals surface area contributed by atoms with Crippen LogP contribution in [0.2, 0.25) is 10.0 Å². The van der Waals surface area contributed by atoms with Crippen LogP contribution in [-0.2, 0) is 7.05 Å². The predicted molar refractivity (Wildman–Crippen MR) is 68.0 cm³/mol. The highest BCUT2D eigenvalue weighted by Gasteiger charge is 2.13. The van der Waals surface area contributed by atoms with Gasteiger partial charge in [0.15, 0.2) is 0 Å². The Bertz CT molecular complexity index is 644. The first kappa shape index (κ1) is 12.0. The Kier molecular flexibility index (Phi) is 2.89. The maximum atomic E-state index is 11.9. The monoisotopic (exact) mass is 272 g/mol. The molecule has 17 heavy (non-hydrogen) atoms. The van der Waals surface area contributed by atoms with Crippen molar-refractivity contribution in [3.63, 3.8) is 0 Å². The molecule has 7 heteroatoms. The molecule has 2 rings (SSSR count). The summed E-state index contributed by atoms with van der Waals surface area (Å²) in [5.41, 5.74) is 6.16. The highest BCUT2D eigenvalue weighted by molar-refractivity contribution is 6.37. The normalized spacial score (nSPS) is 10.8. The number of benzene rings is 1. The van der Waals surface area contributed by atoms with Crippen LogP contribution in [0.25, 0.3) is 5.69 Å². The van der Waals surface area contributed by atoms with E-state index in [0.717, 1.165) is 0 Å². The Hall–Kier alpha value is -1.46. The van der Waals surface area contributed by atoms with Crippen molar-refractivity contribution in [3.05, 3.63) is 38.5 Å². The summed E-state index contributed by atoms with van der Waals surface area (Å²) in [6.45, 7) is 1.73. The van der Waals surface area contributed by atoms with Gasteiger partial charge in [-0.15, -0.1) is 0 Å². The first-order valence-corrected chi connectivity index (χ1v) is 5.55. The number of halogens is 2. The van der Waals surface area contributed by atoms with Gasteiger partial charge in [0.05, 0.1) is 21.4 Å². The van der Waals surface area contributed by atoms with E-state index in [1.807, 2.05) is 0 Å². The Balaban J connectivity index is 2.73. The van der Waals surface area contributed by atoms with Crippen LogP contribution in [0.5, 0.6) is 0 Å². The Morgan fingerprint density at radius 3 is 2.47 bits per heavy atom. The molecule has 0 aliphatic heterocycles. The molecule has 2 aromatic rings. The van der Waals surface area contributed by atoms with Gasteiger partial charge in [-0.2, -0.15) is 9.78 Å². The van der Waals surface area contributed by atoms with Crippen molar-refractivity contribution in [1.29, 1.82) is 0 Å². The van der Waals surface area contributed by atoms with Crippen LogP contribution in [-0.4, -0.2) is 14.3 Å². The average Bonchev–Trinajstić information content (AvgIpc) is 2.51. The van der Waals surface area contributed by atoms with E-state index in [4.69, 9.17) is 28.9 Å². The van der Waals surface area contributed by atoms with Gasteiger partial charge in [0, 0.05) is 7.05 Å². The summed E-state index contributed by atoms with van der Waals surface area (Å²) in [4.78, 5) is 11.9. The summed E-state index contributed by atoms with van der Waals surface area (Å²) in [7, 11) is 1.63. The van der Waals surface area contributed by atoms with Crippen molar-refractivity contribution >= 4 is 28.9 Å². The van der Waals surface area contributed by atoms with Crippen LogP contribution in [0.3, 0.4) is 0 Å². The van der Waals surface area contributed by atoms with E-state index < -0.39 is 0 Å². The molecule has 0 fully saturated rings. The van der Waals surface area contributed by atoms with Gasteiger partial charge >= 0.3 is 5.69 Å². The Morgan fingerprint density at radius 1 is 1.29 bits per heavy atom. The smallest absolute Gasteiger partial charge is 0.350 e. The second-order valence-electron chi connectivity index (χ2n) is 3.63. The molecule has 0 bridgehead atoms. The van der Waals surface area contributed by atoms with Crippen molar-refractivity contribution in [2.24, 2.45) is 7.05 Å². The van der Waals surface area contributed by atoms with E-state index in [2.05, 4.69) is 5.10 Å². The molecule has 0 aliphatic rings. The van der Waals surface area contributed by atoms with Crippen LogP contribution < -0.4 is 11.4 Å². The van der Waals surface area contributed by atoms with E-state index in [9.17, 15) is 4.79 Å². The Morgan fingerprint density at radius 2 is 1.94 bits per heavy atom. The maximum absolute atomic E-state index is 11.9. The van der Waals surface area contributed by atoms with Crippen molar-refractivity contribution in [2.75, 3.05) is 5.73 Å². The number of anilines is 1. The number of aryl methyl sites for hydroxylation is 1. The number of aromatic nitrogens is 3. The van der Waals surface area contributed by atoms with Crippen LogP contribution in [0.4, 0.5) is 5.69 Å². The van der Waals surface area contributed by atoms with E-state index in [-0.39, 0.29) is 5.69 Å². The average molecular weight is 273 g/mol. The van der Waals surface area contributed by atoms with Gasteiger partial charge in [-0.05, 0) is 19.1 Å². The molecular formula is C10H10Cl2N4O. The third-order valence-electron chi connectivity index (χ3n) is 2.49. The van der Waals surface area contributed by atoms with Crippen LogP contribution in [0.15, 0.2) is 16.9 Å². The summed E-state index contributed by atoms with van der Waals surface area (Å²) in [6, 6.07) is 3.02. The van der Waals surface area contributed by atoms with Gasteiger partial charge in [0.25, 0.3) is 0 Å². The number of hydrogen-bond acceptors (Lipinski definition) is 3. The van der Waals surface area contributed by atoms with Gasteiger partial charge in [-0.25, -0.2) is 4.79 Å². The topological polar surface area (TPSA) is 65.8 Å². The van der Waals surface area contributed by atoms with Crippen LogP contribution in [0, 0.1) is 6.92 Å². The van der Waals surface area contributed by atoms with Crippen LogP contribution in [0.1, 0.15) is 5.82 Å². The number of nitrogen functional groups attached to an aromatic ring is 1. The molecule has 90 valence electrons.